The van der Waals surface area contributed by atoms with Crippen molar-refractivity contribution in [1.82, 2.24) is 20.8 Å². The van der Waals surface area contributed by atoms with E-state index in [1.165, 1.54) is 12.4 Å². The van der Waals surface area contributed by atoms with Crippen LogP contribution in [0.4, 0.5) is 0 Å². The first kappa shape index (κ1) is 22.5. The lowest BCUT2D eigenvalue weighted by molar-refractivity contribution is 0.0946. The summed E-state index contributed by atoms with van der Waals surface area (Å²) in [4.78, 5) is 32.7. The standard InChI is InChI=1S/C28H20N6O2/c35-27(19-7-5-13-29-15-19)33-31-17-25-21-9-1-2-10-22(21)26(24-12-4-3-11-23(24)25)18-32-34-28(36)20-8-6-14-30-16-20/h1-18H,(H,33,35)(H,34,36)/b31-17+,32-18+. The van der Waals surface area contributed by atoms with E-state index in [4.69, 9.17) is 0 Å². The molecule has 8 nitrogen and oxygen atoms in total. The second-order valence-corrected chi connectivity index (χ2v) is 7.80. The Hall–Kier alpha value is -5.24. The van der Waals surface area contributed by atoms with Crippen molar-refractivity contribution in [2.24, 2.45) is 10.2 Å². The first-order valence-corrected chi connectivity index (χ1v) is 11.1. The Labute approximate surface area is 206 Å². The van der Waals surface area contributed by atoms with Crippen LogP contribution in [0.2, 0.25) is 0 Å². The molecule has 2 aromatic heterocycles. The predicted molar refractivity (Wildman–Crippen MR) is 140 cm³/mol. The van der Waals surface area contributed by atoms with E-state index in [-0.39, 0.29) is 11.8 Å². The second kappa shape index (κ2) is 10.4. The Balaban J connectivity index is 1.51. The van der Waals surface area contributed by atoms with E-state index in [2.05, 4.69) is 31.0 Å². The Morgan fingerprint density at radius 2 is 0.972 bits per heavy atom. The minimum absolute atomic E-state index is 0.346. The number of aromatic nitrogens is 2. The minimum atomic E-state index is -0.346. The molecule has 0 bridgehead atoms. The fourth-order valence-electron chi connectivity index (χ4n) is 3.91. The van der Waals surface area contributed by atoms with Gasteiger partial charge in [-0.15, -0.1) is 0 Å². The molecule has 2 heterocycles. The predicted octanol–water partition coefficient (Wildman–Crippen LogP) is 4.31. The average molecular weight is 473 g/mol. The number of fused-ring (bicyclic) bond motifs is 2. The fraction of sp³-hybridized carbons (Fsp3) is 0. The van der Waals surface area contributed by atoms with Gasteiger partial charge >= 0.3 is 0 Å². The van der Waals surface area contributed by atoms with Gasteiger partial charge in [-0.05, 0) is 45.8 Å². The number of carbonyl (C=O) groups is 2. The van der Waals surface area contributed by atoms with Crippen LogP contribution in [0.15, 0.2) is 108 Å². The molecule has 0 aliphatic carbocycles. The molecule has 2 amide bonds. The van der Waals surface area contributed by atoms with E-state index in [0.29, 0.717) is 11.1 Å². The molecule has 0 radical (unpaired) electrons. The summed E-state index contributed by atoms with van der Waals surface area (Å²) in [6.45, 7) is 0. The number of hydrogen-bond donors (Lipinski definition) is 2. The number of amides is 2. The molecule has 5 rings (SSSR count). The van der Waals surface area contributed by atoms with Gasteiger partial charge < -0.3 is 0 Å². The van der Waals surface area contributed by atoms with Gasteiger partial charge in [-0.25, -0.2) is 10.9 Å². The summed E-state index contributed by atoms with van der Waals surface area (Å²) in [6, 6.07) is 22.4. The molecule has 0 fully saturated rings. The van der Waals surface area contributed by atoms with E-state index in [1.54, 1.807) is 49.1 Å². The highest BCUT2D eigenvalue weighted by atomic mass is 16.2. The Morgan fingerprint density at radius 1 is 0.583 bits per heavy atom. The van der Waals surface area contributed by atoms with Gasteiger partial charge in [0, 0.05) is 35.9 Å². The normalized spacial score (nSPS) is 11.3. The molecule has 0 atom stereocenters. The molecule has 0 saturated carbocycles. The number of carbonyl (C=O) groups excluding carboxylic acids is 2. The van der Waals surface area contributed by atoms with Gasteiger partial charge in [-0.1, -0.05) is 48.5 Å². The van der Waals surface area contributed by atoms with Crippen molar-refractivity contribution >= 4 is 45.8 Å². The van der Waals surface area contributed by atoms with Gasteiger partial charge in [0.05, 0.1) is 23.6 Å². The van der Waals surface area contributed by atoms with Crippen LogP contribution in [0.3, 0.4) is 0 Å². The monoisotopic (exact) mass is 472 g/mol. The summed E-state index contributed by atoms with van der Waals surface area (Å²) in [5.74, 6) is -0.692. The van der Waals surface area contributed by atoms with Crippen molar-refractivity contribution in [3.8, 4) is 0 Å². The van der Waals surface area contributed by atoms with Crippen molar-refractivity contribution in [3.05, 3.63) is 120 Å². The highest BCUT2D eigenvalue weighted by Crippen LogP contribution is 2.31. The van der Waals surface area contributed by atoms with Crippen LogP contribution < -0.4 is 10.9 Å². The summed E-state index contributed by atoms with van der Waals surface area (Å²) in [5.41, 5.74) is 7.67. The lowest BCUT2D eigenvalue weighted by Crippen LogP contribution is -2.18. The second-order valence-electron chi connectivity index (χ2n) is 7.80. The zero-order valence-corrected chi connectivity index (χ0v) is 19.0. The molecule has 0 aliphatic rings. The molecule has 5 aromatic rings. The maximum atomic E-state index is 12.4. The topological polar surface area (TPSA) is 109 Å². The molecular formula is C28H20N6O2. The summed E-state index contributed by atoms with van der Waals surface area (Å²) in [5, 5.41) is 12.1. The van der Waals surface area contributed by atoms with E-state index in [9.17, 15) is 9.59 Å². The quantitative estimate of drug-likeness (QED) is 0.218. The first-order chi connectivity index (χ1) is 17.7. The van der Waals surface area contributed by atoms with Crippen LogP contribution in [-0.4, -0.2) is 34.2 Å². The van der Waals surface area contributed by atoms with Gasteiger partial charge in [0.15, 0.2) is 0 Å². The molecule has 0 aliphatic heterocycles. The zero-order valence-electron chi connectivity index (χ0n) is 19.0. The zero-order chi connectivity index (χ0) is 24.7. The van der Waals surface area contributed by atoms with Crippen LogP contribution >= 0.6 is 0 Å². The molecule has 2 N–H and O–H groups in total. The number of pyridine rings is 2. The molecule has 0 spiro atoms. The number of hydrazone groups is 2. The Morgan fingerprint density at radius 3 is 1.31 bits per heavy atom. The summed E-state index contributed by atoms with van der Waals surface area (Å²) in [7, 11) is 0. The maximum absolute atomic E-state index is 12.4. The minimum Gasteiger partial charge on any atom is -0.267 e. The van der Waals surface area contributed by atoms with Crippen LogP contribution in [0.1, 0.15) is 31.8 Å². The van der Waals surface area contributed by atoms with E-state index in [1.807, 2.05) is 48.5 Å². The molecule has 8 heteroatoms. The number of hydrogen-bond acceptors (Lipinski definition) is 6. The third-order valence-corrected chi connectivity index (χ3v) is 5.58. The number of nitrogens with one attached hydrogen (secondary N) is 2. The summed E-state index contributed by atoms with van der Waals surface area (Å²) >= 11 is 0. The number of rotatable bonds is 6. The molecule has 3 aromatic carbocycles. The molecule has 0 unspecified atom stereocenters. The van der Waals surface area contributed by atoms with Crippen molar-refractivity contribution in [2.45, 2.75) is 0 Å². The van der Waals surface area contributed by atoms with Crippen LogP contribution in [0.5, 0.6) is 0 Å². The lowest BCUT2D eigenvalue weighted by atomic mass is 9.92. The summed E-state index contributed by atoms with van der Waals surface area (Å²) in [6.07, 6.45) is 9.46. The van der Waals surface area contributed by atoms with Crippen molar-refractivity contribution < 1.29 is 9.59 Å². The van der Waals surface area contributed by atoms with Crippen LogP contribution in [0.25, 0.3) is 21.5 Å². The first-order valence-electron chi connectivity index (χ1n) is 11.1. The van der Waals surface area contributed by atoms with E-state index >= 15 is 0 Å². The van der Waals surface area contributed by atoms with Gasteiger partial charge in [-0.3, -0.25) is 19.6 Å². The van der Waals surface area contributed by atoms with Crippen LogP contribution in [-0.2, 0) is 0 Å². The van der Waals surface area contributed by atoms with Gasteiger partial charge in [0.25, 0.3) is 11.8 Å². The molecule has 174 valence electrons. The molecular weight excluding hydrogens is 452 g/mol. The third-order valence-electron chi connectivity index (χ3n) is 5.58. The number of benzene rings is 3. The fourth-order valence-corrected chi connectivity index (χ4v) is 3.91. The summed E-state index contributed by atoms with van der Waals surface area (Å²) < 4.78 is 0. The van der Waals surface area contributed by atoms with Gasteiger partial charge in [-0.2, -0.15) is 10.2 Å². The Kier molecular flexibility index (Phi) is 6.48. The van der Waals surface area contributed by atoms with Crippen molar-refractivity contribution in [3.63, 3.8) is 0 Å². The highest BCUT2D eigenvalue weighted by Gasteiger charge is 2.12. The Bertz CT molecular complexity index is 1440. The highest BCUT2D eigenvalue weighted by molar-refractivity contribution is 6.21. The molecule has 36 heavy (non-hydrogen) atoms. The average Bonchev–Trinajstić information content (AvgIpc) is 2.94. The smallest absolute Gasteiger partial charge is 0.267 e. The van der Waals surface area contributed by atoms with E-state index in [0.717, 1.165) is 32.7 Å². The van der Waals surface area contributed by atoms with E-state index < -0.39 is 0 Å². The largest absolute Gasteiger partial charge is 0.272 e. The van der Waals surface area contributed by atoms with Gasteiger partial charge in [0.2, 0.25) is 0 Å². The number of nitrogens with zero attached hydrogens (tertiary/aromatic N) is 4. The molecule has 0 saturated heterocycles. The SMILES string of the molecule is O=C(N/N=C/c1c2ccccc2c(/C=N/NC(=O)c2cccnc2)c2ccccc12)c1cccnc1. The van der Waals surface area contributed by atoms with Crippen LogP contribution in [0, 0.1) is 0 Å². The van der Waals surface area contributed by atoms with Crippen molar-refractivity contribution in [2.75, 3.05) is 0 Å². The van der Waals surface area contributed by atoms with Crippen molar-refractivity contribution in [1.29, 1.82) is 0 Å². The third kappa shape index (κ3) is 4.69. The maximum Gasteiger partial charge on any atom is 0.272 e. The van der Waals surface area contributed by atoms with Gasteiger partial charge in [0.1, 0.15) is 0 Å². The lowest BCUT2D eigenvalue weighted by Gasteiger charge is -2.12.